The molecule has 0 fully saturated rings. The molecule has 0 radical (unpaired) electrons. The summed E-state index contributed by atoms with van der Waals surface area (Å²) in [6.45, 7) is 4.42. The number of hydrogen-bond acceptors (Lipinski definition) is 3. The van der Waals surface area contributed by atoms with E-state index < -0.39 is 0 Å². The molecule has 3 nitrogen and oxygen atoms in total. The topological polar surface area (TPSA) is 56.0 Å². The molecule has 1 aromatic carbocycles. The monoisotopic (exact) mass is 232 g/mol. The first kappa shape index (κ1) is 13.7. The molecule has 2 N–H and O–H groups in total. The minimum Gasteiger partial charge on any atom is -0.396 e. The Hall–Kier alpha value is -1.37. The second kappa shape index (κ2) is 7.05. The largest absolute Gasteiger partial charge is 0.396 e. The molecule has 0 bridgehead atoms. The summed E-state index contributed by atoms with van der Waals surface area (Å²) < 4.78 is 0. The van der Waals surface area contributed by atoms with Crippen LogP contribution < -0.4 is 5.32 Å². The Labute approximate surface area is 103 Å². The van der Waals surface area contributed by atoms with Crippen molar-refractivity contribution in [2.75, 3.05) is 6.61 Å². The van der Waals surface area contributed by atoms with Crippen molar-refractivity contribution in [2.45, 2.75) is 38.8 Å². The molecule has 0 aromatic heterocycles. The predicted octanol–water partition coefficient (Wildman–Crippen LogP) is 2.37. The van der Waals surface area contributed by atoms with Gasteiger partial charge in [0.15, 0.2) is 0 Å². The maximum atomic E-state index is 8.94. The zero-order valence-corrected chi connectivity index (χ0v) is 10.5. The highest BCUT2D eigenvalue weighted by atomic mass is 16.3. The van der Waals surface area contributed by atoms with Crippen molar-refractivity contribution in [1.82, 2.24) is 5.32 Å². The van der Waals surface area contributed by atoms with E-state index in [0.717, 1.165) is 12.8 Å². The first-order valence-corrected chi connectivity index (χ1v) is 6.08. The van der Waals surface area contributed by atoms with Crippen LogP contribution in [0.15, 0.2) is 24.3 Å². The van der Waals surface area contributed by atoms with Crippen LogP contribution in [0.3, 0.4) is 0 Å². The van der Waals surface area contributed by atoms with Crippen LogP contribution in [0.5, 0.6) is 0 Å². The lowest BCUT2D eigenvalue weighted by atomic mass is 10.0. The number of nitrogens with zero attached hydrogens (tertiary/aromatic N) is 1. The van der Waals surface area contributed by atoms with Crippen LogP contribution in [0.4, 0.5) is 0 Å². The lowest BCUT2D eigenvalue weighted by Crippen LogP contribution is -2.31. The summed E-state index contributed by atoms with van der Waals surface area (Å²) in [6.07, 6.45) is 1.78. The molecule has 0 aliphatic rings. The Morgan fingerprint density at radius 1 is 1.35 bits per heavy atom. The Balaban J connectivity index is 2.62. The number of hydrogen-bond donors (Lipinski definition) is 2. The molecule has 0 saturated heterocycles. The number of aliphatic hydroxyl groups excluding tert-OH is 1. The smallest absolute Gasteiger partial charge is 0.0991 e. The molecule has 92 valence electrons. The van der Waals surface area contributed by atoms with E-state index in [1.54, 1.807) is 0 Å². The lowest BCUT2D eigenvalue weighted by molar-refractivity contribution is 0.257. The van der Waals surface area contributed by atoms with Gasteiger partial charge in [0.25, 0.3) is 0 Å². The van der Waals surface area contributed by atoms with Gasteiger partial charge in [-0.05, 0) is 37.5 Å². The third kappa shape index (κ3) is 4.18. The zero-order valence-electron chi connectivity index (χ0n) is 10.5. The van der Waals surface area contributed by atoms with E-state index in [1.165, 1.54) is 5.56 Å². The maximum Gasteiger partial charge on any atom is 0.0991 e. The summed E-state index contributed by atoms with van der Waals surface area (Å²) >= 11 is 0. The van der Waals surface area contributed by atoms with Gasteiger partial charge in [0, 0.05) is 18.7 Å². The van der Waals surface area contributed by atoms with Gasteiger partial charge in [-0.1, -0.05) is 19.1 Å². The third-order valence-corrected chi connectivity index (χ3v) is 3.00. The number of benzene rings is 1. The summed E-state index contributed by atoms with van der Waals surface area (Å²) in [5.41, 5.74) is 1.85. The standard InChI is InChI=1S/C14H20N2O/c1-3-14(8-9-17)16-11(2)13-6-4-12(10-15)5-7-13/h4-7,11,14,16-17H,3,8-9H2,1-2H3. The Kier molecular flexibility index (Phi) is 5.68. The van der Waals surface area contributed by atoms with Gasteiger partial charge < -0.3 is 10.4 Å². The number of nitrogens with one attached hydrogen (secondary N) is 1. The molecule has 0 aliphatic heterocycles. The summed E-state index contributed by atoms with van der Waals surface area (Å²) in [4.78, 5) is 0. The van der Waals surface area contributed by atoms with Crippen LogP contribution in [0.25, 0.3) is 0 Å². The van der Waals surface area contributed by atoms with E-state index in [2.05, 4.69) is 25.2 Å². The van der Waals surface area contributed by atoms with Crippen LogP contribution in [0.2, 0.25) is 0 Å². The highest BCUT2D eigenvalue weighted by Crippen LogP contribution is 2.15. The van der Waals surface area contributed by atoms with Gasteiger partial charge in [-0.15, -0.1) is 0 Å². The molecular formula is C14H20N2O. The van der Waals surface area contributed by atoms with Crippen LogP contribution in [-0.4, -0.2) is 17.8 Å². The van der Waals surface area contributed by atoms with Gasteiger partial charge in [-0.2, -0.15) is 5.26 Å². The quantitative estimate of drug-likeness (QED) is 0.791. The van der Waals surface area contributed by atoms with Crippen molar-refractivity contribution in [3.8, 4) is 6.07 Å². The molecule has 1 rings (SSSR count). The fraction of sp³-hybridized carbons (Fsp3) is 0.500. The van der Waals surface area contributed by atoms with Crippen LogP contribution in [0.1, 0.15) is 43.9 Å². The normalized spacial score (nSPS) is 14.0. The molecule has 0 saturated carbocycles. The zero-order chi connectivity index (χ0) is 12.7. The van der Waals surface area contributed by atoms with E-state index in [0.29, 0.717) is 11.6 Å². The minimum atomic E-state index is 0.214. The highest BCUT2D eigenvalue weighted by Gasteiger charge is 2.11. The Morgan fingerprint density at radius 2 is 2.00 bits per heavy atom. The fourth-order valence-corrected chi connectivity index (χ4v) is 1.86. The average molecular weight is 232 g/mol. The fourth-order valence-electron chi connectivity index (χ4n) is 1.86. The van der Waals surface area contributed by atoms with E-state index >= 15 is 0 Å². The highest BCUT2D eigenvalue weighted by molar-refractivity contribution is 5.32. The molecule has 0 aliphatic carbocycles. The average Bonchev–Trinajstić information content (AvgIpc) is 2.38. The molecule has 17 heavy (non-hydrogen) atoms. The van der Waals surface area contributed by atoms with Gasteiger partial charge in [-0.3, -0.25) is 0 Å². The molecule has 3 heteroatoms. The van der Waals surface area contributed by atoms with Gasteiger partial charge in [0.05, 0.1) is 11.6 Å². The van der Waals surface area contributed by atoms with E-state index in [4.69, 9.17) is 10.4 Å². The summed E-state index contributed by atoms with van der Waals surface area (Å²) in [7, 11) is 0. The minimum absolute atomic E-state index is 0.214. The maximum absolute atomic E-state index is 8.94. The molecule has 2 unspecified atom stereocenters. The second-order valence-corrected chi connectivity index (χ2v) is 4.24. The summed E-state index contributed by atoms with van der Waals surface area (Å²) in [5, 5.41) is 21.1. The first-order chi connectivity index (χ1) is 8.21. The predicted molar refractivity (Wildman–Crippen MR) is 68.5 cm³/mol. The first-order valence-electron chi connectivity index (χ1n) is 6.08. The van der Waals surface area contributed by atoms with Crippen molar-refractivity contribution in [2.24, 2.45) is 0 Å². The Morgan fingerprint density at radius 3 is 2.47 bits per heavy atom. The SMILES string of the molecule is CCC(CCO)NC(C)c1ccc(C#N)cc1. The van der Waals surface area contributed by atoms with E-state index in [-0.39, 0.29) is 12.6 Å². The van der Waals surface area contributed by atoms with Crippen molar-refractivity contribution in [3.63, 3.8) is 0 Å². The van der Waals surface area contributed by atoms with Gasteiger partial charge in [0.2, 0.25) is 0 Å². The number of nitriles is 1. The summed E-state index contributed by atoms with van der Waals surface area (Å²) in [5.74, 6) is 0. The third-order valence-electron chi connectivity index (χ3n) is 3.00. The molecule has 1 aromatic rings. The molecule has 0 heterocycles. The van der Waals surface area contributed by atoms with Crippen molar-refractivity contribution >= 4 is 0 Å². The van der Waals surface area contributed by atoms with E-state index in [1.807, 2.05) is 24.3 Å². The van der Waals surface area contributed by atoms with Crippen molar-refractivity contribution < 1.29 is 5.11 Å². The lowest BCUT2D eigenvalue weighted by Gasteiger charge is -2.22. The van der Waals surface area contributed by atoms with Gasteiger partial charge in [0.1, 0.15) is 0 Å². The van der Waals surface area contributed by atoms with Crippen molar-refractivity contribution in [1.29, 1.82) is 5.26 Å². The Bertz CT molecular complexity index is 367. The number of aliphatic hydroxyl groups is 1. The van der Waals surface area contributed by atoms with Crippen LogP contribution in [0, 0.1) is 11.3 Å². The number of rotatable bonds is 6. The molecule has 0 amide bonds. The van der Waals surface area contributed by atoms with Gasteiger partial charge >= 0.3 is 0 Å². The molecular weight excluding hydrogens is 212 g/mol. The molecule has 2 atom stereocenters. The second-order valence-electron chi connectivity index (χ2n) is 4.24. The van der Waals surface area contributed by atoms with Gasteiger partial charge in [-0.25, -0.2) is 0 Å². The summed E-state index contributed by atoms with van der Waals surface area (Å²) in [6, 6.07) is 10.3. The molecule has 0 spiro atoms. The van der Waals surface area contributed by atoms with Crippen molar-refractivity contribution in [3.05, 3.63) is 35.4 Å². The van der Waals surface area contributed by atoms with Crippen LogP contribution >= 0.6 is 0 Å². The van der Waals surface area contributed by atoms with E-state index in [9.17, 15) is 0 Å². The van der Waals surface area contributed by atoms with Crippen LogP contribution in [-0.2, 0) is 0 Å².